The molecule has 0 radical (unpaired) electrons. The molecule has 4 nitrogen and oxygen atoms in total. The molecule has 1 aromatic carbocycles. The number of halogens is 1. The van der Waals surface area contributed by atoms with Crippen LogP contribution < -0.4 is 5.32 Å². The average Bonchev–Trinajstić information content (AvgIpc) is 2.72. The number of nitrogens with zero attached hydrogens (tertiary/aromatic N) is 1. The Balaban J connectivity index is 1.99. The van der Waals surface area contributed by atoms with E-state index in [1.807, 2.05) is 24.3 Å². The summed E-state index contributed by atoms with van der Waals surface area (Å²) in [5.74, 6) is -0.465. The Morgan fingerprint density at radius 2 is 1.82 bits per heavy atom. The first-order valence-corrected chi connectivity index (χ1v) is 5.82. The Hall–Kier alpha value is -1.55. The van der Waals surface area contributed by atoms with Crippen LogP contribution in [0.15, 0.2) is 24.3 Å². The van der Waals surface area contributed by atoms with Crippen molar-refractivity contribution in [3.8, 4) is 0 Å². The van der Waals surface area contributed by atoms with E-state index in [-0.39, 0.29) is 0 Å². The molecule has 0 aromatic heterocycles. The summed E-state index contributed by atoms with van der Waals surface area (Å²) in [6.45, 7) is 2.60. The lowest BCUT2D eigenvalue weighted by Gasteiger charge is -2.16. The number of carbonyl (C=O) groups excluding carboxylic acids is 2. The van der Waals surface area contributed by atoms with Gasteiger partial charge in [-0.1, -0.05) is 24.3 Å². The van der Waals surface area contributed by atoms with Crippen molar-refractivity contribution >= 4 is 23.5 Å². The van der Waals surface area contributed by atoms with Crippen LogP contribution in [0.1, 0.15) is 18.1 Å². The third-order valence-corrected chi connectivity index (χ3v) is 2.92. The topological polar surface area (TPSA) is 49.4 Å². The van der Waals surface area contributed by atoms with Crippen LogP contribution in [-0.2, 0) is 17.9 Å². The van der Waals surface area contributed by atoms with Gasteiger partial charge in [0.05, 0.1) is 0 Å². The number of urea groups is 1. The molecule has 1 heterocycles. The standard InChI is InChI=1S/C12H13ClN2O2/c1-8(13)11(16)14-12(17)15-6-9-4-2-3-5-10(9)7-15/h2-5,8H,6-7H2,1H3,(H,14,16,17). The largest absolute Gasteiger partial charge is 0.324 e. The van der Waals surface area contributed by atoms with Crippen LogP contribution >= 0.6 is 11.6 Å². The summed E-state index contributed by atoms with van der Waals surface area (Å²) in [7, 11) is 0. The molecule has 1 unspecified atom stereocenters. The van der Waals surface area contributed by atoms with Crippen molar-refractivity contribution in [3.63, 3.8) is 0 Å². The van der Waals surface area contributed by atoms with Gasteiger partial charge in [-0.15, -0.1) is 11.6 Å². The molecule has 0 fully saturated rings. The minimum absolute atomic E-state index is 0.390. The number of alkyl halides is 1. The lowest BCUT2D eigenvalue weighted by molar-refractivity contribution is -0.119. The third-order valence-electron chi connectivity index (χ3n) is 2.72. The van der Waals surface area contributed by atoms with Gasteiger partial charge < -0.3 is 4.90 Å². The highest BCUT2D eigenvalue weighted by Crippen LogP contribution is 2.21. The van der Waals surface area contributed by atoms with E-state index in [9.17, 15) is 9.59 Å². The number of nitrogens with one attached hydrogen (secondary N) is 1. The Morgan fingerprint density at radius 3 is 2.29 bits per heavy atom. The van der Waals surface area contributed by atoms with E-state index in [0.717, 1.165) is 11.1 Å². The summed E-state index contributed by atoms with van der Waals surface area (Å²) in [5, 5.41) is 1.57. The fourth-order valence-corrected chi connectivity index (χ4v) is 1.82. The molecule has 3 amide bonds. The maximum atomic E-state index is 11.8. The predicted octanol–water partition coefficient (Wildman–Crippen LogP) is 1.87. The van der Waals surface area contributed by atoms with Gasteiger partial charge in [0.2, 0.25) is 5.91 Å². The Bertz CT molecular complexity index is 435. The first-order valence-electron chi connectivity index (χ1n) is 5.38. The van der Waals surface area contributed by atoms with Gasteiger partial charge in [-0.05, 0) is 18.1 Å². The number of benzene rings is 1. The summed E-state index contributed by atoms with van der Waals surface area (Å²) in [6, 6.07) is 7.44. The Morgan fingerprint density at radius 1 is 1.29 bits per heavy atom. The summed E-state index contributed by atoms with van der Waals surface area (Å²) in [6.07, 6.45) is 0. The minimum Gasteiger partial charge on any atom is -0.316 e. The number of amides is 3. The molecule has 1 N–H and O–H groups in total. The number of imide groups is 1. The van der Waals surface area contributed by atoms with Gasteiger partial charge in [-0.3, -0.25) is 10.1 Å². The van der Waals surface area contributed by atoms with Gasteiger partial charge in [0.15, 0.2) is 0 Å². The normalized spacial score (nSPS) is 15.3. The van der Waals surface area contributed by atoms with Crippen molar-refractivity contribution in [2.45, 2.75) is 25.4 Å². The van der Waals surface area contributed by atoms with Gasteiger partial charge in [0, 0.05) is 13.1 Å². The van der Waals surface area contributed by atoms with E-state index in [0.29, 0.717) is 13.1 Å². The molecular weight excluding hydrogens is 240 g/mol. The quantitative estimate of drug-likeness (QED) is 0.776. The van der Waals surface area contributed by atoms with Gasteiger partial charge in [-0.2, -0.15) is 0 Å². The fraction of sp³-hybridized carbons (Fsp3) is 0.333. The number of rotatable bonds is 1. The van der Waals surface area contributed by atoms with E-state index in [4.69, 9.17) is 11.6 Å². The maximum Gasteiger partial charge on any atom is 0.324 e. The van der Waals surface area contributed by atoms with Gasteiger partial charge in [0.25, 0.3) is 0 Å². The molecule has 2 rings (SSSR count). The zero-order chi connectivity index (χ0) is 12.4. The number of fused-ring (bicyclic) bond motifs is 1. The Kier molecular flexibility index (Phi) is 3.33. The molecular formula is C12H13ClN2O2. The van der Waals surface area contributed by atoms with Crippen LogP contribution in [0.5, 0.6) is 0 Å². The number of hydrogen-bond donors (Lipinski definition) is 1. The van der Waals surface area contributed by atoms with Crippen molar-refractivity contribution in [3.05, 3.63) is 35.4 Å². The SMILES string of the molecule is CC(Cl)C(=O)NC(=O)N1Cc2ccccc2C1. The number of carbonyl (C=O) groups is 2. The van der Waals surface area contributed by atoms with Gasteiger partial charge in [0.1, 0.15) is 5.38 Å². The smallest absolute Gasteiger partial charge is 0.316 e. The molecule has 0 spiro atoms. The van der Waals surface area contributed by atoms with Gasteiger partial charge >= 0.3 is 6.03 Å². The third kappa shape index (κ3) is 2.58. The first-order chi connectivity index (χ1) is 8.08. The van der Waals surface area contributed by atoms with Crippen LogP contribution in [0.3, 0.4) is 0 Å². The van der Waals surface area contributed by atoms with Crippen LogP contribution in [0.25, 0.3) is 0 Å². The summed E-state index contributed by atoms with van der Waals surface area (Å²) in [5.41, 5.74) is 2.24. The van der Waals surface area contributed by atoms with Crippen molar-refractivity contribution in [2.75, 3.05) is 0 Å². The van der Waals surface area contributed by atoms with E-state index in [1.54, 1.807) is 4.90 Å². The van der Waals surface area contributed by atoms with Gasteiger partial charge in [-0.25, -0.2) is 4.79 Å². The second-order valence-electron chi connectivity index (χ2n) is 4.04. The number of hydrogen-bond acceptors (Lipinski definition) is 2. The molecule has 0 aliphatic carbocycles. The Labute approximate surface area is 105 Å². The van der Waals surface area contributed by atoms with E-state index < -0.39 is 17.3 Å². The second kappa shape index (κ2) is 4.75. The molecule has 1 aliphatic heterocycles. The molecule has 90 valence electrons. The minimum atomic E-state index is -0.705. The molecule has 1 atom stereocenters. The highest BCUT2D eigenvalue weighted by molar-refractivity contribution is 6.31. The molecule has 5 heteroatoms. The first kappa shape index (κ1) is 11.9. The highest BCUT2D eigenvalue weighted by Gasteiger charge is 2.24. The molecule has 0 bridgehead atoms. The zero-order valence-electron chi connectivity index (χ0n) is 9.44. The van der Waals surface area contributed by atoms with Crippen LogP contribution in [0.4, 0.5) is 4.79 Å². The van der Waals surface area contributed by atoms with Crippen LogP contribution in [0.2, 0.25) is 0 Å². The molecule has 0 saturated heterocycles. The fourth-order valence-electron chi connectivity index (χ4n) is 1.76. The van der Waals surface area contributed by atoms with Crippen molar-refractivity contribution < 1.29 is 9.59 Å². The van der Waals surface area contributed by atoms with Crippen molar-refractivity contribution in [1.82, 2.24) is 10.2 Å². The summed E-state index contributed by atoms with van der Waals surface area (Å²) in [4.78, 5) is 24.6. The van der Waals surface area contributed by atoms with Crippen LogP contribution in [-0.4, -0.2) is 22.2 Å². The van der Waals surface area contributed by atoms with Crippen molar-refractivity contribution in [1.29, 1.82) is 0 Å². The van der Waals surface area contributed by atoms with Crippen LogP contribution in [0, 0.1) is 0 Å². The van der Waals surface area contributed by atoms with E-state index in [1.165, 1.54) is 6.92 Å². The van der Waals surface area contributed by atoms with E-state index in [2.05, 4.69) is 5.32 Å². The lowest BCUT2D eigenvalue weighted by Crippen LogP contribution is -2.42. The average molecular weight is 253 g/mol. The predicted molar refractivity (Wildman–Crippen MR) is 64.5 cm³/mol. The molecule has 1 aliphatic rings. The molecule has 1 aromatic rings. The van der Waals surface area contributed by atoms with E-state index >= 15 is 0 Å². The monoisotopic (exact) mass is 252 g/mol. The zero-order valence-corrected chi connectivity index (χ0v) is 10.2. The highest BCUT2D eigenvalue weighted by atomic mass is 35.5. The lowest BCUT2D eigenvalue weighted by atomic mass is 10.1. The molecule has 0 saturated carbocycles. The van der Waals surface area contributed by atoms with Crippen molar-refractivity contribution in [2.24, 2.45) is 0 Å². The summed E-state index contributed by atoms with van der Waals surface area (Å²) >= 11 is 5.59. The second-order valence-corrected chi connectivity index (χ2v) is 4.69. The molecule has 17 heavy (non-hydrogen) atoms. The maximum absolute atomic E-state index is 11.8. The summed E-state index contributed by atoms with van der Waals surface area (Å²) < 4.78 is 0.